The van der Waals surface area contributed by atoms with Crippen molar-refractivity contribution in [2.75, 3.05) is 40.9 Å². The number of unbranched alkanes of at least 4 members (excludes halogenated alkanes) is 28. The average molecular weight is 773 g/mol. The van der Waals surface area contributed by atoms with Crippen molar-refractivity contribution in [1.82, 2.24) is 5.32 Å². The number of amides is 1. The van der Waals surface area contributed by atoms with E-state index in [0.29, 0.717) is 17.4 Å². The molecule has 0 rings (SSSR count). The van der Waals surface area contributed by atoms with Crippen LogP contribution >= 0.6 is 7.82 Å². The maximum atomic E-state index is 12.7. The van der Waals surface area contributed by atoms with Crippen molar-refractivity contribution in [2.45, 2.75) is 225 Å². The summed E-state index contributed by atoms with van der Waals surface area (Å²) >= 11 is 0. The van der Waals surface area contributed by atoms with Gasteiger partial charge in [-0.15, -0.1) is 0 Å². The third kappa shape index (κ3) is 39.3. The van der Waals surface area contributed by atoms with E-state index < -0.39 is 20.0 Å². The number of nitrogens with zero attached hydrogens (tertiary/aromatic N) is 1. The minimum atomic E-state index is -4.56. The van der Waals surface area contributed by atoms with Crippen LogP contribution in [0.2, 0.25) is 0 Å². The Morgan fingerprint density at radius 3 is 1.38 bits per heavy atom. The second-order valence-electron chi connectivity index (χ2n) is 16.8. The fraction of sp³-hybridized carbons (Fsp3) is 0.932. The summed E-state index contributed by atoms with van der Waals surface area (Å²) in [6.07, 6.45) is 42.3. The molecule has 9 heteroatoms. The fourth-order valence-corrected chi connectivity index (χ4v) is 7.35. The number of quaternary nitrogens is 1. The molecule has 3 unspecified atom stereocenters. The van der Waals surface area contributed by atoms with Crippen molar-refractivity contribution in [1.29, 1.82) is 0 Å². The smallest absolute Gasteiger partial charge is 0.268 e. The van der Waals surface area contributed by atoms with Crippen molar-refractivity contribution >= 4 is 13.7 Å². The monoisotopic (exact) mass is 773 g/mol. The summed E-state index contributed by atoms with van der Waals surface area (Å²) < 4.78 is 22.9. The van der Waals surface area contributed by atoms with Gasteiger partial charge >= 0.3 is 0 Å². The predicted molar refractivity (Wildman–Crippen MR) is 224 cm³/mol. The molecule has 2 N–H and O–H groups in total. The summed E-state index contributed by atoms with van der Waals surface area (Å²) in [7, 11) is 1.26. The van der Waals surface area contributed by atoms with Crippen LogP contribution in [0.3, 0.4) is 0 Å². The predicted octanol–water partition coefficient (Wildman–Crippen LogP) is 11.7. The molecule has 0 fully saturated rings. The number of phosphoric acid groups is 1. The van der Waals surface area contributed by atoms with Crippen molar-refractivity contribution in [3.05, 3.63) is 12.2 Å². The van der Waals surface area contributed by atoms with Gasteiger partial charge in [0, 0.05) is 6.42 Å². The van der Waals surface area contributed by atoms with Crippen LogP contribution < -0.4 is 10.2 Å². The number of aliphatic hydroxyl groups excluding tert-OH is 1. The van der Waals surface area contributed by atoms with Crippen LogP contribution in [0.1, 0.15) is 213 Å². The van der Waals surface area contributed by atoms with Crippen LogP contribution in [0.25, 0.3) is 0 Å². The number of carbonyl (C=O) groups excluding carboxylic acids is 1. The lowest BCUT2D eigenvalue weighted by Gasteiger charge is -2.29. The number of carbonyl (C=O) groups is 1. The van der Waals surface area contributed by atoms with E-state index in [1.807, 2.05) is 34.1 Å². The molecule has 0 aliphatic heterocycles. The first-order chi connectivity index (χ1) is 25.5. The largest absolute Gasteiger partial charge is 0.756 e. The van der Waals surface area contributed by atoms with E-state index in [1.54, 1.807) is 6.08 Å². The van der Waals surface area contributed by atoms with Gasteiger partial charge in [-0.1, -0.05) is 206 Å². The summed E-state index contributed by atoms with van der Waals surface area (Å²) in [5, 5.41) is 13.4. The lowest BCUT2D eigenvalue weighted by atomic mass is 10.0. The van der Waals surface area contributed by atoms with E-state index >= 15 is 0 Å². The maximum Gasteiger partial charge on any atom is 0.268 e. The lowest BCUT2D eigenvalue weighted by Crippen LogP contribution is -2.45. The SMILES string of the molecule is CCC/C=C/C(O)C(COP(=O)([O-])OCC[N+](C)(C)C)NC(=O)CCCCCCCCCCCCCCCCCCCCCCCCCCCCCC. The number of rotatable bonds is 41. The normalized spacial score (nSPS) is 14.5. The Hall–Kier alpha value is -0.760. The molecular weight excluding hydrogens is 683 g/mol. The van der Waals surface area contributed by atoms with E-state index in [0.717, 1.165) is 32.1 Å². The molecule has 0 aromatic heterocycles. The number of aliphatic hydroxyl groups is 1. The van der Waals surface area contributed by atoms with Gasteiger partial charge in [-0.05, 0) is 12.8 Å². The summed E-state index contributed by atoms with van der Waals surface area (Å²) in [6, 6.07) is -0.876. The van der Waals surface area contributed by atoms with Crippen molar-refractivity contribution in [3.8, 4) is 0 Å². The molecule has 316 valence electrons. The molecular formula is C44H89N2O6P. The van der Waals surface area contributed by atoms with Crippen molar-refractivity contribution in [3.63, 3.8) is 0 Å². The highest BCUT2D eigenvalue weighted by atomic mass is 31.2. The molecule has 0 spiro atoms. The first-order valence-electron chi connectivity index (χ1n) is 22.6. The highest BCUT2D eigenvalue weighted by Crippen LogP contribution is 2.38. The molecule has 1 amide bonds. The van der Waals surface area contributed by atoms with Crippen LogP contribution in [0.4, 0.5) is 0 Å². The molecule has 0 bridgehead atoms. The molecule has 0 saturated carbocycles. The molecule has 0 aromatic carbocycles. The molecule has 8 nitrogen and oxygen atoms in total. The zero-order valence-corrected chi connectivity index (χ0v) is 36.6. The van der Waals surface area contributed by atoms with Gasteiger partial charge in [0.15, 0.2) is 0 Å². The van der Waals surface area contributed by atoms with Gasteiger partial charge in [0.05, 0.1) is 39.9 Å². The second-order valence-corrected chi connectivity index (χ2v) is 18.2. The Bertz CT molecular complexity index is 880. The zero-order chi connectivity index (χ0) is 39.3. The third-order valence-electron chi connectivity index (χ3n) is 10.2. The van der Waals surface area contributed by atoms with E-state index in [1.165, 1.54) is 161 Å². The molecule has 53 heavy (non-hydrogen) atoms. The van der Waals surface area contributed by atoms with Gasteiger partial charge in [-0.25, -0.2) is 0 Å². The topological polar surface area (TPSA) is 108 Å². The molecule has 0 saturated heterocycles. The Kier molecular flexibility index (Phi) is 36.3. The molecule has 0 aromatic rings. The van der Waals surface area contributed by atoms with E-state index in [2.05, 4.69) is 12.2 Å². The third-order valence-corrected chi connectivity index (χ3v) is 11.2. The van der Waals surface area contributed by atoms with Crippen LogP contribution in [0, 0.1) is 0 Å². The van der Waals surface area contributed by atoms with Gasteiger partial charge in [0.2, 0.25) is 5.91 Å². The highest BCUT2D eigenvalue weighted by molar-refractivity contribution is 7.45. The Labute approximate surface area is 329 Å². The number of likely N-dealkylation sites (N-methyl/N-ethyl adjacent to an activating group) is 1. The zero-order valence-electron chi connectivity index (χ0n) is 35.7. The van der Waals surface area contributed by atoms with Gasteiger partial charge in [0.25, 0.3) is 7.82 Å². The van der Waals surface area contributed by atoms with Crippen molar-refractivity contribution < 1.29 is 32.9 Å². The second kappa shape index (κ2) is 36.9. The van der Waals surface area contributed by atoms with Crippen LogP contribution in [-0.2, 0) is 18.4 Å². The summed E-state index contributed by atoms with van der Waals surface area (Å²) in [6.45, 7) is 4.44. The summed E-state index contributed by atoms with van der Waals surface area (Å²) in [4.78, 5) is 24.9. The number of nitrogens with one attached hydrogen (secondary N) is 1. The quantitative estimate of drug-likeness (QED) is 0.0277. The van der Waals surface area contributed by atoms with Crippen LogP contribution in [0.15, 0.2) is 12.2 Å². The molecule has 0 radical (unpaired) electrons. The first kappa shape index (κ1) is 52.2. The van der Waals surface area contributed by atoms with Gasteiger partial charge in [0.1, 0.15) is 13.2 Å². The van der Waals surface area contributed by atoms with Crippen LogP contribution in [-0.4, -0.2) is 68.5 Å². The maximum absolute atomic E-state index is 12.7. The molecule has 0 aliphatic carbocycles. The van der Waals surface area contributed by atoms with E-state index in [-0.39, 0.29) is 19.1 Å². The molecule has 3 atom stereocenters. The number of allylic oxidation sites excluding steroid dienone is 1. The van der Waals surface area contributed by atoms with E-state index in [4.69, 9.17) is 9.05 Å². The first-order valence-corrected chi connectivity index (χ1v) is 24.0. The summed E-state index contributed by atoms with van der Waals surface area (Å²) in [5.74, 6) is -0.206. The van der Waals surface area contributed by atoms with Crippen LogP contribution in [0.5, 0.6) is 0 Å². The lowest BCUT2D eigenvalue weighted by molar-refractivity contribution is -0.870. The average Bonchev–Trinajstić information content (AvgIpc) is 3.10. The van der Waals surface area contributed by atoms with E-state index in [9.17, 15) is 19.4 Å². The van der Waals surface area contributed by atoms with Gasteiger partial charge < -0.3 is 28.8 Å². The Morgan fingerprint density at radius 2 is 1.02 bits per heavy atom. The minimum Gasteiger partial charge on any atom is -0.756 e. The standard InChI is InChI=1S/C44H89N2O6P/c1-6-8-10-11-12-13-14-15-16-17-18-19-20-21-22-23-24-25-26-27-28-29-30-31-32-33-34-36-38-44(48)45-42(43(47)37-35-9-7-2)41-52-53(49,50)51-40-39-46(3,4)5/h35,37,42-43,47H,6-34,36,38-41H2,1-5H3,(H-,45,48,49,50)/b37-35+. The fourth-order valence-electron chi connectivity index (χ4n) is 6.63. The molecule has 0 heterocycles. The van der Waals surface area contributed by atoms with Gasteiger partial charge in [-0.3, -0.25) is 9.36 Å². The highest BCUT2D eigenvalue weighted by Gasteiger charge is 2.23. The minimum absolute atomic E-state index is 0.0000884. The number of phosphoric ester groups is 1. The summed E-state index contributed by atoms with van der Waals surface area (Å²) in [5.41, 5.74) is 0. The Balaban J connectivity index is 3.75. The van der Waals surface area contributed by atoms with Gasteiger partial charge in [-0.2, -0.15) is 0 Å². The number of hydrogen-bond donors (Lipinski definition) is 2. The molecule has 0 aliphatic rings. The number of hydrogen-bond acceptors (Lipinski definition) is 6. The Morgan fingerprint density at radius 1 is 0.642 bits per heavy atom. The van der Waals surface area contributed by atoms with Crippen molar-refractivity contribution in [2.24, 2.45) is 0 Å².